The number of hydrogen-bond acceptors (Lipinski definition) is 1. The predicted molar refractivity (Wildman–Crippen MR) is 295 cm³/mol. The Hall–Kier alpha value is -6.51. The maximum Gasteiger partial charge on any atom is 0.127 e. The maximum absolute atomic E-state index is 7.42. The van der Waals surface area contributed by atoms with Crippen molar-refractivity contribution in [2.45, 2.75) is 5.92 Å². The van der Waals surface area contributed by atoms with E-state index in [0.29, 0.717) is 27.2 Å². The molecule has 12 rings (SSSR count). The average Bonchev–Trinajstić information content (AvgIpc) is 3.86. The quantitative estimate of drug-likeness (QED) is 0.126. The summed E-state index contributed by atoms with van der Waals surface area (Å²) >= 11 is 0. The van der Waals surface area contributed by atoms with Gasteiger partial charge in [-0.3, -0.25) is 0 Å². The molecule has 11 aromatic rings. The SMILES string of the molecule is [B]C(=C)/C([B])=C([B])\C([B])=C(/[B])c1c(-c2ccc3ccc4cccc5ccc2c3c45)cc(-c2ccc3ccc4cccc5ccc2c3c45)cc1C1C([B])=c2oc3c([B])c([B])c([B])c([B])c3c2=C1[B]. The van der Waals surface area contributed by atoms with Crippen LogP contribution < -0.4 is 32.5 Å². The summed E-state index contributed by atoms with van der Waals surface area (Å²) in [6.07, 6.45) is 0. The van der Waals surface area contributed by atoms with Crippen LogP contribution in [0.25, 0.3) is 114 Å². The van der Waals surface area contributed by atoms with Gasteiger partial charge in [-0.1, -0.05) is 137 Å². The molecule has 282 valence electrons. The van der Waals surface area contributed by atoms with Gasteiger partial charge in [0.25, 0.3) is 0 Å². The van der Waals surface area contributed by atoms with Crippen molar-refractivity contribution in [3.63, 3.8) is 0 Å². The molecule has 22 radical (unpaired) electrons. The van der Waals surface area contributed by atoms with Crippen molar-refractivity contribution in [1.29, 1.82) is 0 Å². The first-order valence-corrected chi connectivity index (χ1v) is 21.7. The molecule has 0 N–H and O–H groups in total. The van der Waals surface area contributed by atoms with Gasteiger partial charge in [-0.25, -0.2) is 0 Å². The predicted octanol–water partition coefficient (Wildman–Crippen LogP) is 5.32. The Kier molecular flexibility index (Phi) is 9.38. The summed E-state index contributed by atoms with van der Waals surface area (Å²) in [5, 5.41) is 14.2. The number of hydrogen-bond donors (Lipinski definition) is 0. The van der Waals surface area contributed by atoms with Crippen molar-refractivity contribution in [2.75, 3.05) is 0 Å². The van der Waals surface area contributed by atoms with E-state index in [1.807, 2.05) is 0 Å². The van der Waals surface area contributed by atoms with Gasteiger partial charge in [-0.2, -0.15) is 0 Å². The van der Waals surface area contributed by atoms with Crippen LogP contribution in [-0.4, -0.2) is 86.3 Å². The Labute approximate surface area is 402 Å². The van der Waals surface area contributed by atoms with Crippen molar-refractivity contribution in [1.82, 2.24) is 0 Å². The third-order valence-electron chi connectivity index (χ3n) is 14.1. The summed E-state index contributed by atoms with van der Waals surface area (Å²) in [6.45, 7) is 3.81. The summed E-state index contributed by atoms with van der Waals surface area (Å²) in [6, 6.07) is 42.8. The van der Waals surface area contributed by atoms with Gasteiger partial charge in [0.2, 0.25) is 0 Å². The summed E-state index contributed by atoms with van der Waals surface area (Å²) < 4.78 is 6.47. The lowest BCUT2D eigenvalue weighted by molar-refractivity contribution is 0.576. The van der Waals surface area contributed by atoms with E-state index in [-0.39, 0.29) is 65.7 Å². The zero-order valence-electron chi connectivity index (χ0n) is 36.1. The zero-order valence-corrected chi connectivity index (χ0v) is 36.1. The van der Waals surface area contributed by atoms with Crippen LogP contribution in [0.1, 0.15) is 17.0 Å². The molecule has 1 aliphatic rings. The second-order valence-corrected chi connectivity index (χ2v) is 17.6. The summed E-state index contributed by atoms with van der Waals surface area (Å²) in [5.41, 5.74) is 6.22. The molecule has 0 saturated heterocycles. The van der Waals surface area contributed by atoms with Gasteiger partial charge in [0.05, 0.1) is 0 Å². The third-order valence-corrected chi connectivity index (χ3v) is 14.1. The second kappa shape index (κ2) is 15.0. The molecule has 0 aliphatic heterocycles. The first-order chi connectivity index (χ1) is 32.2. The molecule has 1 nitrogen and oxygen atoms in total. The molecule has 0 saturated carbocycles. The first kappa shape index (κ1) is 41.9. The Morgan fingerprint density at radius 2 is 0.940 bits per heavy atom. The standard InChI is InChI=1S/C55H23B11O/c1-22(56)44(57)49(62)50(63)46(59)40-34(31-17-13-28-11-9-24-5-3-7-26-15-19-33(31)39(28)37(24)26)20-29(30-16-12-27-10-8-23-4-2-6-25-14-18-32(30)38(27)36(23)25)21-35(40)41-45(58)42-43-47(60)51(64)52(65)53(66)55(43)67-54(42)48(41)61/h2-21,41H,1H2/b49-44-,50-46+. The molecule has 0 bridgehead atoms. The normalized spacial score (nSPS) is 15.0. The molecule has 1 heterocycles. The molecule has 0 fully saturated rings. The van der Waals surface area contributed by atoms with Gasteiger partial charge in [0.15, 0.2) is 0 Å². The van der Waals surface area contributed by atoms with Gasteiger partial charge in [0, 0.05) is 16.5 Å². The molecular formula is C55H23B11O. The molecule has 10 aromatic carbocycles. The highest BCUT2D eigenvalue weighted by Crippen LogP contribution is 2.49. The van der Waals surface area contributed by atoms with E-state index in [2.05, 4.69) is 128 Å². The highest BCUT2D eigenvalue weighted by atomic mass is 16.3. The molecule has 0 amide bonds. The molecule has 1 aliphatic carbocycles. The van der Waals surface area contributed by atoms with Crippen molar-refractivity contribution in [3.8, 4) is 22.3 Å². The summed E-state index contributed by atoms with van der Waals surface area (Å²) in [5.74, 6) is -0.857. The largest absolute Gasteiger partial charge is 0.458 e. The fourth-order valence-corrected chi connectivity index (χ4v) is 10.8. The number of rotatable bonds is 6. The minimum atomic E-state index is -0.857. The van der Waals surface area contributed by atoms with Crippen LogP contribution in [0.4, 0.5) is 0 Å². The van der Waals surface area contributed by atoms with Crippen LogP contribution in [0.5, 0.6) is 0 Å². The molecule has 67 heavy (non-hydrogen) atoms. The van der Waals surface area contributed by atoms with Crippen LogP contribution in [0.15, 0.2) is 154 Å². The van der Waals surface area contributed by atoms with E-state index in [1.165, 1.54) is 5.39 Å². The molecule has 1 aromatic heterocycles. The van der Waals surface area contributed by atoms with Gasteiger partial charge < -0.3 is 4.42 Å². The van der Waals surface area contributed by atoms with E-state index in [9.17, 15) is 0 Å². The smallest absolute Gasteiger partial charge is 0.127 e. The minimum absolute atomic E-state index is 0.00913. The molecule has 12 heteroatoms. The zero-order chi connectivity index (χ0) is 46.5. The number of allylic oxidation sites excluding steroid dienone is 4. The number of fused-ring (bicyclic) bond motifs is 3. The topological polar surface area (TPSA) is 13.1 Å². The third kappa shape index (κ3) is 5.84. The Morgan fingerprint density at radius 1 is 0.448 bits per heavy atom. The second-order valence-electron chi connectivity index (χ2n) is 17.6. The first-order valence-electron chi connectivity index (χ1n) is 21.7. The van der Waals surface area contributed by atoms with Crippen molar-refractivity contribution >= 4 is 200 Å². The molecular weight excluding hydrogens is 796 g/mol. The van der Waals surface area contributed by atoms with Gasteiger partial charge >= 0.3 is 0 Å². The van der Waals surface area contributed by atoms with Crippen LogP contribution in [0.2, 0.25) is 0 Å². The maximum atomic E-state index is 7.42. The van der Waals surface area contributed by atoms with Crippen LogP contribution >= 0.6 is 0 Å². The Bertz CT molecular complexity index is 4220. The van der Waals surface area contributed by atoms with E-state index in [0.717, 1.165) is 81.5 Å². The van der Waals surface area contributed by atoms with Crippen LogP contribution in [0, 0.1) is 0 Å². The van der Waals surface area contributed by atoms with Crippen LogP contribution in [0.3, 0.4) is 0 Å². The average molecular weight is 819 g/mol. The Balaban J connectivity index is 1.27. The van der Waals surface area contributed by atoms with Crippen molar-refractivity contribution < 1.29 is 4.42 Å². The number of benzene rings is 10. The van der Waals surface area contributed by atoms with Gasteiger partial charge in [-0.15, -0.1) is 39.4 Å². The van der Waals surface area contributed by atoms with E-state index in [1.54, 1.807) is 0 Å². The van der Waals surface area contributed by atoms with E-state index < -0.39 is 5.92 Å². The summed E-state index contributed by atoms with van der Waals surface area (Å²) in [4.78, 5) is 0. The fourth-order valence-electron chi connectivity index (χ4n) is 10.8. The monoisotopic (exact) mass is 820 g/mol. The molecule has 1 atom stereocenters. The number of furan rings is 1. The lowest BCUT2D eigenvalue weighted by Gasteiger charge is -2.28. The van der Waals surface area contributed by atoms with Gasteiger partial charge in [-0.05, 0) is 110 Å². The fraction of sp³-hybridized carbons (Fsp3) is 0.0182. The lowest BCUT2D eigenvalue weighted by atomic mass is 9.60. The highest BCUT2D eigenvalue weighted by molar-refractivity contribution is 6.66. The lowest BCUT2D eigenvalue weighted by Crippen LogP contribution is -2.48. The Morgan fingerprint density at radius 3 is 1.51 bits per heavy atom. The van der Waals surface area contributed by atoms with Gasteiger partial charge in [0.1, 0.15) is 97.3 Å². The highest BCUT2D eigenvalue weighted by Gasteiger charge is 2.31. The molecule has 1 unspecified atom stereocenters. The summed E-state index contributed by atoms with van der Waals surface area (Å²) in [7, 11) is 74.2. The van der Waals surface area contributed by atoms with E-state index in [4.69, 9.17) is 90.7 Å². The van der Waals surface area contributed by atoms with Crippen LogP contribution in [-0.2, 0) is 0 Å². The molecule has 0 spiro atoms. The van der Waals surface area contributed by atoms with Crippen molar-refractivity contribution in [2.24, 2.45) is 0 Å². The minimum Gasteiger partial charge on any atom is -0.458 e. The van der Waals surface area contributed by atoms with Crippen molar-refractivity contribution in [3.05, 3.63) is 172 Å². The van der Waals surface area contributed by atoms with E-state index >= 15 is 0 Å².